The number of carbonyl (C=O) groups is 1. The lowest BCUT2D eigenvalue weighted by molar-refractivity contribution is -0.138. The number of aryl methyl sites for hydroxylation is 1. The van der Waals surface area contributed by atoms with Gasteiger partial charge >= 0.3 is 5.97 Å². The molecule has 2 N–H and O–H groups in total. The molecule has 0 amide bonds. The Morgan fingerprint density at radius 1 is 1.57 bits per heavy atom. The molecule has 0 saturated carbocycles. The molecular weight excluding hydrogens is 178 g/mol. The molecule has 3 nitrogen and oxygen atoms in total. The summed E-state index contributed by atoms with van der Waals surface area (Å²) in [4.78, 5) is 11.0. The van der Waals surface area contributed by atoms with Gasteiger partial charge in [0, 0.05) is 13.1 Å². The van der Waals surface area contributed by atoms with Crippen LogP contribution in [0.15, 0.2) is 18.2 Å². The summed E-state index contributed by atoms with van der Waals surface area (Å²) in [6.07, 6.45) is 0. The van der Waals surface area contributed by atoms with E-state index < -0.39 is 5.97 Å². The third-order valence-electron chi connectivity index (χ3n) is 2.72. The van der Waals surface area contributed by atoms with Crippen LogP contribution in [0.2, 0.25) is 0 Å². The molecule has 0 bridgehead atoms. The quantitative estimate of drug-likeness (QED) is 0.702. The molecule has 0 radical (unpaired) electrons. The lowest BCUT2D eigenvalue weighted by atomic mass is 9.87. The van der Waals surface area contributed by atoms with Crippen molar-refractivity contribution in [1.82, 2.24) is 5.32 Å². The number of carboxylic acids is 1. The predicted octanol–water partition coefficient (Wildman–Crippen LogP) is 1.27. The average Bonchev–Trinajstić information content (AvgIpc) is 2.17. The van der Waals surface area contributed by atoms with Crippen molar-refractivity contribution in [2.75, 3.05) is 6.54 Å². The van der Waals surface area contributed by atoms with Gasteiger partial charge in [0.1, 0.15) is 0 Å². The largest absolute Gasteiger partial charge is 0.481 e. The Morgan fingerprint density at radius 3 is 3.07 bits per heavy atom. The Morgan fingerprint density at radius 2 is 2.36 bits per heavy atom. The first-order valence-corrected chi connectivity index (χ1v) is 4.72. The van der Waals surface area contributed by atoms with E-state index in [1.54, 1.807) is 0 Å². The first kappa shape index (κ1) is 9.21. The van der Waals surface area contributed by atoms with Gasteiger partial charge in [0.15, 0.2) is 0 Å². The minimum atomic E-state index is -0.743. The predicted molar refractivity (Wildman–Crippen MR) is 53.3 cm³/mol. The van der Waals surface area contributed by atoms with E-state index in [-0.39, 0.29) is 5.92 Å². The number of benzene rings is 1. The van der Waals surface area contributed by atoms with Crippen LogP contribution in [0.1, 0.15) is 22.6 Å². The summed E-state index contributed by atoms with van der Waals surface area (Å²) in [7, 11) is 0. The van der Waals surface area contributed by atoms with E-state index in [0.717, 1.165) is 23.2 Å². The Kier molecular flexibility index (Phi) is 2.25. The molecule has 0 saturated heterocycles. The van der Waals surface area contributed by atoms with Gasteiger partial charge in [-0.1, -0.05) is 18.2 Å². The first-order valence-electron chi connectivity index (χ1n) is 4.72. The van der Waals surface area contributed by atoms with E-state index in [1.165, 1.54) is 0 Å². The lowest BCUT2D eigenvalue weighted by Gasteiger charge is -2.25. The normalized spacial score (nSPS) is 20.2. The standard InChI is InChI=1S/C11H13NO2/c1-7-3-2-4-8-5-12-6-9(10(7)8)11(13)14/h2-4,9,12H,5-6H2,1H3,(H,13,14). The van der Waals surface area contributed by atoms with Crippen molar-refractivity contribution in [1.29, 1.82) is 0 Å². The van der Waals surface area contributed by atoms with Crippen LogP contribution in [0.4, 0.5) is 0 Å². The van der Waals surface area contributed by atoms with Crippen molar-refractivity contribution in [2.45, 2.75) is 19.4 Å². The summed E-state index contributed by atoms with van der Waals surface area (Å²) in [5.74, 6) is -1.13. The molecule has 3 heteroatoms. The van der Waals surface area contributed by atoms with Crippen molar-refractivity contribution >= 4 is 5.97 Å². The molecule has 0 aromatic heterocycles. The third-order valence-corrected chi connectivity index (χ3v) is 2.72. The van der Waals surface area contributed by atoms with Gasteiger partial charge in [-0.2, -0.15) is 0 Å². The lowest BCUT2D eigenvalue weighted by Crippen LogP contribution is -2.33. The second-order valence-corrected chi connectivity index (χ2v) is 3.67. The topological polar surface area (TPSA) is 49.3 Å². The number of rotatable bonds is 1. The van der Waals surface area contributed by atoms with Crippen molar-refractivity contribution in [3.8, 4) is 0 Å². The van der Waals surface area contributed by atoms with E-state index in [0.29, 0.717) is 6.54 Å². The van der Waals surface area contributed by atoms with Crippen molar-refractivity contribution in [3.05, 3.63) is 34.9 Å². The van der Waals surface area contributed by atoms with Gasteiger partial charge in [0.25, 0.3) is 0 Å². The van der Waals surface area contributed by atoms with Crippen LogP contribution < -0.4 is 5.32 Å². The summed E-state index contributed by atoms with van der Waals surface area (Å²) >= 11 is 0. The van der Waals surface area contributed by atoms with E-state index >= 15 is 0 Å². The number of carboxylic acid groups (broad SMARTS) is 1. The molecular formula is C11H13NO2. The van der Waals surface area contributed by atoms with Crippen molar-refractivity contribution in [2.24, 2.45) is 0 Å². The SMILES string of the molecule is Cc1cccc2c1C(C(=O)O)CNC2. The first-order chi connectivity index (χ1) is 6.70. The van der Waals surface area contributed by atoms with Gasteiger partial charge in [-0.05, 0) is 23.6 Å². The molecule has 74 valence electrons. The Bertz CT molecular complexity index is 374. The maximum Gasteiger partial charge on any atom is 0.312 e. The Labute approximate surface area is 82.8 Å². The number of hydrogen-bond acceptors (Lipinski definition) is 2. The third kappa shape index (κ3) is 1.40. The number of hydrogen-bond donors (Lipinski definition) is 2. The van der Waals surface area contributed by atoms with E-state index in [1.807, 2.05) is 25.1 Å². The molecule has 1 aromatic rings. The molecule has 0 spiro atoms. The molecule has 1 heterocycles. The van der Waals surface area contributed by atoms with Crippen LogP contribution in [-0.2, 0) is 11.3 Å². The summed E-state index contributed by atoms with van der Waals surface area (Å²) in [6, 6.07) is 5.94. The highest BCUT2D eigenvalue weighted by Gasteiger charge is 2.26. The molecule has 1 atom stereocenters. The summed E-state index contributed by atoms with van der Waals surface area (Å²) in [5.41, 5.74) is 3.19. The summed E-state index contributed by atoms with van der Waals surface area (Å²) in [6.45, 7) is 3.29. The second-order valence-electron chi connectivity index (χ2n) is 3.67. The second kappa shape index (κ2) is 3.42. The number of nitrogens with one attached hydrogen (secondary N) is 1. The van der Waals surface area contributed by atoms with Gasteiger partial charge in [-0.25, -0.2) is 0 Å². The Balaban J connectivity index is 2.52. The molecule has 2 rings (SSSR count). The van der Waals surface area contributed by atoms with Crippen molar-refractivity contribution < 1.29 is 9.90 Å². The van der Waals surface area contributed by atoms with Crippen LogP contribution in [-0.4, -0.2) is 17.6 Å². The van der Waals surface area contributed by atoms with Crippen LogP contribution >= 0.6 is 0 Å². The Hall–Kier alpha value is -1.35. The molecule has 0 fully saturated rings. The van der Waals surface area contributed by atoms with E-state index in [2.05, 4.69) is 5.32 Å². The highest BCUT2D eigenvalue weighted by molar-refractivity contribution is 5.78. The van der Waals surface area contributed by atoms with E-state index in [4.69, 9.17) is 5.11 Å². The summed E-state index contributed by atoms with van der Waals surface area (Å²) < 4.78 is 0. The van der Waals surface area contributed by atoms with Crippen LogP contribution in [0.5, 0.6) is 0 Å². The minimum Gasteiger partial charge on any atom is -0.481 e. The van der Waals surface area contributed by atoms with Crippen molar-refractivity contribution in [3.63, 3.8) is 0 Å². The average molecular weight is 191 g/mol. The summed E-state index contributed by atoms with van der Waals surface area (Å²) in [5, 5.41) is 12.2. The zero-order chi connectivity index (χ0) is 10.1. The highest BCUT2D eigenvalue weighted by Crippen LogP contribution is 2.27. The molecule has 1 aliphatic heterocycles. The van der Waals surface area contributed by atoms with E-state index in [9.17, 15) is 4.79 Å². The van der Waals surface area contributed by atoms with Gasteiger partial charge in [-0.3, -0.25) is 4.79 Å². The number of aliphatic carboxylic acids is 1. The molecule has 14 heavy (non-hydrogen) atoms. The zero-order valence-electron chi connectivity index (χ0n) is 8.08. The van der Waals surface area contributed by atoms with Gasteiger partial charge in [0.05, 0.1) is 5.92 Å². The molecule has 0 aliphatic carbocycles. The molecule has 1 aliphatic rings. The minimum absolute atomic E-state index is 0.389. The van der Waals surface area contributed by atoms with Gasteiger partial charge < -0.3 is 10.4 Å². The van der Waals surface area contributed by atoms with Crippen LogP contribution in [0.25, 0.3) is 0 Å². The monoisotopic (exact) mass is 191 g/mol. The fraction of sp³-hybridized carbons (Fsp3) is 0.364. The molecule has 1 aromatic carbocycles. The van der Waals surface area contributed by atoms with Gasteiger partial charge in [0.2, 0.25) is 0 Å². The van der Waals surface area contributed by atoms with Crippen LogP contribution in [0, 0.1) is 6.92 Å². The fourth-order valence-electron chi connectivity index (χ4n) is 2.06. The maximum absolute atomic E-state index is 11.0. The fourth-order valence-corrected chi connectivity index (χ4v) is 2.06. The maximum atomic E-state index is 11.0. The zero-order valence-corrected chi connectivity index (χ0v) is 8.08. The smallest absolute Gasteiger partial charge is 0.312 e. The highest BCUT2D eigenvalue weighted by atomic mass is 16.4. The van der Waals surface area contributed by atoms with Gasteiger partial charge in [-0.15, -0.1) is 0 Å². The number of fused-ring (bicyclic) bond motifs is 1. The van der Waals surface area contributed by atoms with Crippen LogP contribution in [0.3, 0.4) is 0 Å². The molecule has 1 unspecified atom stereocenters.